The molecule has 0 spiro atoms. The molecular formula is C10H11ClFNO2. The first kappa shape index (κ1) is 11.9. The summed E-state index contributed by atoms with van der Waals surface area (Å²) in [6.45, 7) is 1.50. The summed E-state index contributed by atoms with van der Waals surface area (Å²) in [6.07, 6.45) is 0. The van der Waals surface area contributed by atoms with Crippen molar-refractivity contribution in [3.05, 3.63) is 34.6 Å². The van der Waals surface area contributed by atoms with Crippen LogP contribution >= 0.6 is 11.6 Å². The molecule has 1 unspecified atom stereocenters. The Labute approximate surface area is 91.9 Å². The SMILES string of the molecule is CC(CO)NC(=O)c1ccc(F)c(Cl)c1. The van der Waals surface area contributed by atoms with E-state index in [0.717, 1.165) is 6.07 Å². The van der Waals surface area contributed by atoms with Gasteiger partial charge in [0.2, 0.25) is 0 Å². The van der Waals surface area contributed by atoms with Gasteiger partial charge in [0.05, 0.1) is 11.6 Å². The van der Waals surface area contributed by atoms with Crippen molar-refractivity contribution in [2.45, 2.75) is 13.0 Å². The smallest absolute Gasteiger partial charge is 0.251 e. The number of amides is 1. The summed E-state index contributed by atoms with van der Waals surface area (Å²) in [5.41, 5.74) is 0.265. The lowest BCUT2D eigenvalue weighted by Gasteiger charge is -2.10. The summed E-state index contributed by atoms with van der Waals surface area (Å²) in [5.74, 6) is -0.957. The molecule has 3 nitrogen and oxygen atoms in total. The Kier molecular flexibility index (Phi) is 4.05. The van der Waals surface area contributed by atoms with Crippen molar-refractivity contribution in [1.29, 1.82) is 0 Å². The lowest BCUT2D eigenvalue weighted by atomic mass is 10.2. The van der Waals surface area contributed by atoms with E-state index in [4.69, 9.17) is 16.7 Å². The van der Waals surface area contributed by atoms with E-state index in [1.807, 2.05) is 0 Å². The van der Waals surface area contributed by atoms with E-state index in [-0.39, 0.29) is 23.2 Å². The van der Waals surface area contributed by atoms with Gasteiger partial charge in [-0.25, -0.2) is 4.39 Å². The summed E-state index contributed by atoms with van der Waals surface area (Å²) < 4.78 is 12.8. The number of halogens is 2. The molecule has 0 aromatic heterocycles. The van der Waals surface area contributed by atoms with Gasteiger partial charge in [0, 0.05) is 11.6 Å². The van der Waals surface area contributed by atoms with Crippen molar-refractivity contribution in [2.75, 3.05) is 6.61 Å². The highest BCUT2D eigenvalue weighted by molar-refractivity contribution is 6.31. The van der Waals surface area contributed by atoms with Crippen LogP contribution in [0, 0.1) is 5.82 Å². The fraction of sp³-hybridized carbons (Fsp3) is 0.300. The molecule has 1 atom stereocenters. The fourth-order valence-corrected chi connectivity index (χ4v) is 1.17. The zero-order valence-corrected chi connectivity index (χ0v) is 8.88. The maximum atomic E-state index is 12.8. The molecule has 0 fully saturated rings. The highest BCUT2D eigenvalue weighted by Crippen LogP contribution is 2.15. The van der Waals surface area contributed by atoms with Gasteiger partial charge in [0.15, 0.2) is 0 Å². The molecule has 15 heavy (non-hydrogen) atoms. The van der Waals surface area contributed by atoms with Gasteiger partial charge >= 0.3 is 0 Å². The van der Waals surface area contributed by atoms with Crippen LogP contribution < -0.4 is 5.32 Å². The van der Waals surface area contributed by atoms with Crippen molar-refractivity contribution >= 4 is 17.5 Å². The molecule has 5 heteroatoms. The number of carbonyl (C=O) groups is 1. The highest BCUT2D eigenvalue weighted by atomic mass is 35.5. The molecule has 1 aromatic rings. The Morgan fingerprint density at radius 3 is 2.87 bits per heavy atom. The Hall–Kier alpha value is -1.13. The number of carbonyl (C=O) groups excluding carboxylic acids is 1. The van der Waals surface area contributed by atoms with Gasteiger partial charge in [0.25, 0.3) is 5.91 Å². The van der Waals surface area contributed by atoms with Crippen molar-refractivity contribution in [3.8, 4) is 0 Å². The molecule has 1 rings (SSSR count). The Bertz CT molecular complexity index is 370. The van der Waals surface area contributed by atoms with Crippen molar-refractivity contribution in [2.24, 2.45) is 0 Å². The summed E-state index contributed by atoms with van der Waals surface area (Å²) in [7, 11) is 0. The van der Waals surface area contributed by atoms with Crippen molar-refractivity contribution in [1.82, 2.24) is 5.32 Å². The standard InChI is InChI=1S/C10H11ClFNO2/c1-6(5-14)13-10(15)7-2-3-9(12)8(11)4-7/h2-4,6,14H,5H2,1H3,(H,13,15). The van der Waals surface area contributed by atoms with Crippen LogP contribution in [-0.4, -0.2) is 23.7 Å². The van der Waals surface area contributed by atoms with Gasteiger partial charge in [-0.2, -0.15) is 0 Å². The number of aliphatic hydroxyl groups is 1. The van der Waals surface area contributed by atoms with Crippen molar-refractivity contribution in [3.63, 3.8) is 0 Å². The maximum Gasteiger partial charge on any atom is 0.251 e. The summed E-state index contributed by atoms with van der Waals surface area (Å²) in [6, 6.07) is 3.36. The van der Waals surface area contributed by atoms with Crippen LogP contribution in [0.25, 0.3) is 0 Å². The number of hydrogen-bond acceptors (Lipinski definition) is 2. The average molecular weight is 232 g/mol. The molecule has 0 radical (unpaired) electrons. The third kappa shape index (κ3) is 3.18. The highest BCUT2D eigenvalue weighted by Gasteiger charge is 2.10. The molecule has 0 aliphatic carbocycles. The third-order valence-corrected chi connectivity index (χ3v) is 2.12. The normalized spacial score (nSPS) is 12.3. The number of hydrogen-bond donors (Lipinski definition) is 2. The van der Waals surface area contributed by atoms with Crippen LogP contribution in [0.4, 0.5) is 4.39 Å². The molecule has 2 N–H and O–H groups in total. The lowest BCUT2D eigenvalue weighted by Crippen LogP contribution is -2.34. The maximum absolute atomic E-state index is 12.8. The van der Waals surface area contributed by atoms with E-state index >= 15 is 0 Å². The summed E-state index contributed by atoms with van der Waals surface area (Å²) >= 11 is 5.52. The summed E-state index contributed by atoms with van der Waals surface area (Å²) in [5, 5.41) is 11.2. The minimum Gasteiger partial charge on any atom is -0.394 e. The van der Waals surface area contributed by atoms with Crippen LogP contribution in [0.5, 0.6) is 0 Å². The fourth-order valence-electron chi connectivity index (χ4n) is 0.990. The quantitative estimate of drug-likeness (QED) is 0.830. The molecule has 0 aliphatic rings. The number of nitrogens with one attached hydrogen (secondary N) is 1. The molecule has 0 aliphatic heterocycles. The monoisotopic (exact) mass is 231 g/mol. The van der Waals surface area contributed by atoms with Crippen molar-refractivity contribution < 1.29 is 14.3 Å². The Balaban J connectivity index is 2.78. The lowest BCUT2D eigenvalue weighted by molar-refractivity contribution is 0.0922. The topological polar surface area (TPSA) is 49.3 Å². The summed E-state index contributed by atoms with van der Waals surface area (Å²) in [4.78, 5) is 11.5. The van der Waals surface area contributed by atoms with E-state index in [1.165, 1.54) is 12.1 Å². The largest absolute Gasteiger partial charge is 0.394 e. The minimum atomic E-state index is -0.566. The minimum absolute atomic E-state index is 0.0979. The van der Waals surface area contributed by atoms with Gasteiger partial charge in [-0.3, -0.25) is 4.79 Å². The Morgan fingerprint density at radius 2 is 2.33 bits per heavy atom. The average Bonchev–Trinajstić information content (AvgIpc) is 2.21. The molecular weight excluding hydrogens is 221 g/mol. The van der Waals surface area contributed by atoms with E-state index in [2.05, 4.69) is 5.32 Å². The van der Waals surface area contributed by atoms with E-state index < -0.39 is 11.7 Å². The number of benzene rings is 1. The molecule has 82 valence electrons. The molecule has 0 heterocycles. The first-order valence-electron chi connectivity index (χ1n) is 4.41. The molecule has 1 amide bonds. The second-order valence-corrected chi connectivity index (χ2v) is 3.59. The molecule has 1 aromatic carbocycles. The zero-order chi connectivity index (χ0) is 11.4. The van der Waals surface area contributed by atoms with E-state index in [9.17, 15) is 9.18 Å². The second-order valence-electron chi connectivity index (χ2n) is 3.19. The third-order valence-electron chi connectivity index (χ3n) is 1.83. The predicted molar refractivity (Wildman–Crippen MR) is 55.4 cm³/mol. The van der Waals surface area contributed by atoms with Gasteiger partial charge in [-0.1, -0.05) is 11.6 Å². The zero-order valence-electron chi connectivity index (χ0n) is 8.13. The first-order chi connectivity index (χ1) is 7.04. The van der Waals surface area contributed by atoms with Gasteiger partial charge < -0.3 is 10.4 Å². The van der Waals surface area contributed by atoms with Gasteiger partial charge in [-0.05, 0) is 25.1 Å². The van der Waals surface area contributed by atoms with Crippen LogP contribution in [0.15, 0.2) is 18.2 Å². The second kappa shape index (κ2) is 5.09. The molecule has 0 saturated carbocycles. The van der Waals surface area contributed by atoms with Crippen LogP contribution in [0.2, 0.25) is 5.02 Å². The van der Waals surface area contributed by atoms with Gasteiger partial charge in [-0.15, -0.1) is 0 Å². The predicted octanol–water partition coefficient (Wildman–Crippen LogP) is 1.59. The van der Waals surface area contributed by atoms with E-state index in [0.29, 0.717) is 0 Å². The van der Waals surface area contributed by atoms with Crippen LogP contribution in [0.1, 0.15) is 17.3 Å². The Morgan fingerprint density at radius 1 is 1.67 bits per heavy atom. The van der Waals surface area contributed by atoms with Gasteiger partial charge in [0.1, 0.15) is 5.82 Å². The first-order valence-corrected chi connectivity index (χ1v) is 4.79. The van der Waals surface area contributed by atoms with Crippen LogP contribution in [-0.2, 0) is 0 Å². The van der Waals surface area contributed by atoms with Crippen LogP contribution in [0.3, 0.4) is 0 Å². The van der Waals surface area contributed by atoms with E-state index in [1.54, 1.807) is 6.92 Å². The molecule has 0 bridgehead atoms. The number of aliphatic hydroxyl groups excluding tert-OH is 1. The molecule has 0 saturated heterocycles. The number of rotatable bonds is 3.